The van der Waals surface area contributed by atoms with Gasteiger partial charge in [0, 0.05) is 51.0 Å². The molecule has 0 bridgehead atoms. The molecule has 0 saturated heterocycles. The first-order valence-electron chi connectivity index (χ1n) is 8.25. The van der Waals surface area contributed by atoms with Crippen LogP contribution in [0.2, 0.25) is 0 Å². The molecule has 0 spiro atoms. The zero-order chi connectivity index (χ0) is 16.4. The number of halogens is 2. The fourth-order valence-electron chi connectivity index (χ4n) is 3.17. The number of hydrogen-bond donors (Lipinski definition) is 2. The van der Waals surface area contributed by atoms with E-state index in [9.17, 15) is 5.11 Å². The van der Waals surface area contributed by atoms with Crippen molar-refractivity contribution in [1.29, 1.82) is 0 Å². The molecule has 142 valence electrons. The predicted molar refractivity (Wildman–Crippen MR) is 103 cm³/mol. The van der Waals surface area contributed by atoms with Crippen LogP contribution in [0.15, 0.2) is 41.3 Å². The minimum atomic E-state index is 0. The Balaban J connectivity index is 0.00000121. The van der Waals surface area contributed by atoms with Crippen molar-refractivity contribution >= 4 is 24.8 Å². The average Bonchev–Trinajstić information content (AvgIpc) is 3.34. The Kier molecular flexibility index (Phi) is 7.28. The summed E-state index contributed by atoms with van der Waals surface area (Å²) in [6.45, 7) is 3.44. The molecule has 0 amide bonds. The van der Waals surface area contributed by atoms with Crippen LogP contribution in [0.3, 0.4) is 0 Å². The first-order valence-corrected chi connectivity index (χ1v) is 8.25. The van der Waals surface area contributed by atoms with Gasteiger partial charge in [-0.15, -0.1) is 24.8 Å². The van der Waals surface area contributed by atoms with E-state index in [0.717, 1.165) is 36.9 Å². The summed E-state index contributed by atoms with van der Waals surface area (Å²) >= 11 is 0. The summed E-state index contributed by atoms with van der Waals surface area (Å²) in [6.07, 6.45) is 6.09. The van der Waals surface area contributed by atoms with Crippen molar-refractivity contribution in [3.63, 3.8) is 0 Å². The molecule has 1 atom stereocenters. The van der Waals surface area contributed by atoms with Gasteiger partial charge in [-0.3, -0.25) is 4.68 Å². The number of fused-ring (bicyclic) bond motifs is 1. The highest BCUT2D eigenvalue weighted by molar-refractivity contribution is 5.85. The third-order valence-corrected chi connectivity index (χ3v) is 4.40. The van der Waals surface area contributed by atoms with Gasteiger partial charge in [-0.05, 0) is 18.2 Å². The van der Waals surface area contributed by atoms with Gasteiger partial charge in [0.15, 0.2) is 5.82 Å². The lowest BCUT2D eigenvalue weighted by Gasteiger charge is -2.15. The average molecular weight is 400 g/mol. The van der Waals surface area contributed by atoms with Crippen LogP contribution in [0.25, 0.3) is 11.5 Å². The molecule has 2 N–H and O–H groups in total. The second-order valence-electron chi connectivity index (χ2n) is 6.16. The van der Waals surface area contributed by atoms with Crippen molar-refractivity contribution in [1.82, 2.24) is 24.6 Å². The van der Waals surface area contributed by atoms with Gasteiger partial charge in [0.25, 0.3) is 0 Å². The molecule has 1 aliphatic rings. The van der Waals surface area contributed by atoms with E-state index in [1.54, 1.807) is 12.5 Å². The molecular formula is C17H23Cl2N5O2. The zero-order valence-electron chi connectivity index (χ0n) is 14.2. The van der Waals surface area contributed by atoms with Crippen LogP contribution in [0.4, 0.5) is 0 Å². The lowest BCUT2D eigenvalue weighted by molar-refractivity contribution is 0.204. The number of nitrogens with zero attached hydrogens (tertiary/aromatic N) is 4. The first kappa shape index (κ1) is 20.5. The van der Waals surface area contributed by atoms with Crippen LogP contribution in [0.1, 0.15) is 11.5 Å². The highest BCUT2D eigenvalue weighted by Crippen LogP contribution is 2.21. The summed E-state index contributed by atoms with van der Waals surface area (Å²) < 4.78 is 9.50. The van der Waals surface area contributed by atoms with Crippen LogP contribution in [-0.2, 0) is 26.1 Å². The molecule has 0 aromatic carbocycles. The van der Waals surface area contributed by atoms with Crippen molar-refractivity contribution in [2.45, 2.75) is 26.1 Å². The Hall–Kier alpha value is -1.80. The molecule has 0 fully saturated rings. The van der Waals surface area contributed by atoms with E-state index in [1.165, 1.54) is 5.69 Å². The van der Waals surface area contributed by atoms with Gasteiger partial charge in [-0.1, -0.05) is 0 Å². The van der Waals surface area contributed by atoms with Gasteiger partial charge >= 0.3 is 0 Å². The van der Waals surface area contributed by atoms with Crippen molar-refractivity contribution in [2.24, 2.45) is 5.92 Å². The van der Waals surface area contributed by atoms with E-state index in [4.69, 9.17) is 4.42 Å². The van der Waals surface area contributed by atoms with Crippen molar-refractivity contribution in [3.8, 4) is 11.5 Å². The zero-order valence-corrected chi connectivity index (χ0v) is 15.9. The number of aliphatic hydroxyl groups is 1. The second kappa shape index (κ2) is 9.23. The summed E-state index contributed by atoms with van der Waals surface area (Å²) in [7, 11) is 0. The summed E-state index contributed by atoms with van der Waals surface area (Å²) in [5.74, 6) is 1.80. The molecule has 0 radical (unpaired) electrons. The fourth-order valence-corrected chi connectivity index (χ4v) is 3.17. The van der Waals surface area contributed by atoms with Crippen molar-refractivity contribution < 1.29 is 9.52 Å². The lowest BCUT2D eigenvalue weighted by atomic mass is 10.0. The maximum atomic E-state index is 9.71. The molecular weight excluding hydrogens is 377 g/mol. The number of hydrogen-bond acceptors (Lipinski definition) is 5. The number of imidazole rings is 1. The largest absolute Gasteiger partial charge is 0.469 e. The fraction of sp³-hybridized carbons (Fsp3) is 0.412. The topological polar surface area (TPSA) is 81.0 Å². The van der Waals surface area contributed by atoms with E-state index in [1.807, 2.05) is 23.0 Å². The predicted octanol–water partition coefficient (Wildman–Crippen LogP) is 2.14. The SMILES string of the molecule is Cl.Cl.OCC(Cc1ccco1)Cn1ccnc1-c1cc2n(n1)CCNC2. The van der Waals surface area contributed by atoms with Crippen molar-refractivity contribution in [2.75, 3.05) is 13.2 Å². The first-order chi connectivity index (χ1) is 11.8. The van der Waals surface area contributed by atoms with Crippen LogP contribution in [0, 0.1) is 5.92 Å². The van der Waals surface area contributed by atoms with Crippen LogP contribution < -0.4 is 5.32 Å². The Bertz CT molecular complexity index is 777. The minimum absolute atomic E-state index is 0. The molecule has 7 nitrogen and oxygen atoms in total. The molecule has 4 heterocycles. The Morgan fingerprint density at radius 3 is 2.96 bits per heavy atom. The standard InChI is InChI=1S/C17H21N5O2.2ClH/c23-12-13(8-15-2-1-7-24-15)11-21-5-4-19-17(21)16-9-14-10-18-3-6-22(14)20-16;;/h1-2,4-5,7,9,13,18,23H,3,6,8,10-12H2;2*1H. The molecule has 1 unspecified atom stereocenters. The Morgan fingerprint density at radius 1 is 1.35 bits per heavy atom. The monoisotopic (exact) mass is 399 g/mol. The Labute approximate surface area is 164 Å². The van der Waals surface area contributed by atoms with E-state index in [0.29, 0.717) is 13.0 Å². The summed E-state index contributed by atoms with van der Waals surface area (Å²) in [5.41, 5.74) is 2.06. The molecule has 3 aromatic rings. The van der Waals surface area contributed by atoms with E-state index in [2.05, 4.69) is 26.0 Å². The summed E-state index contributed by atoms with van der Waals surface area (Å²) in [5, 5.41) is 17.7. The third kappa shape index (κ3) is 4.29. The van der Waals surface area contributed by atoms with Gasteiger partial charge in [0.05, 0.1) is 18.5 Å². The molecule has 0 aliphatic carbocycles. The van der Waals surface area contributed by atoms with Gasteiger partial charge in [0.1, 0.15) is 11.5 Å². The van der Waals surface area contributed by atoms with Crippen LogP contribution in [-0.4, -0.2) is 37.6 Å². The van der Waals surface area contributed by atoms with Crippen LogP contribution in [0.5, 0.6) is 0 Å². The van der Waals surface area contributed by atoms with E-state index < -0.39 is 0 Å². The molecule has 1 aliphatic heterocycles. The molecule has 9 heteroatoms. The number of aliphatic hydroxyl groups excluding tert-OH is 1. The summed E-state index contributed by atoms with van der Waals surface area (Å²) in [6, 6.07) is 5.90. The number of furan rings is 1. The number of rotatable bonds is 6. The van der Waals surface area contributed by atoms with E-state index in [-0.39, 0.29) is 37.3 Å². The molecule has 0 saturated carbocycles. The highest BCUT2D eigenvalue weighted by Gasteiger charge is 2.18. The van der Waals surface area contributed by atoms with Crippen molar-refractivity contribution in [3.05, 3.63) is 48.3 Å². The second-order valence-corrected chi connectivity index (χ2v) is 6.16. The maximum Gasteiger partial charge on any atom is 0.160 e. The van der Waals surface area contributed by atoms with E-state index >= 15 is 0 Å². The smallest absolute Gasteiger partial charge is 0.160 e. The molecule has 3 aromatic heterocycles. The quantitative estimate of drug-likeness (QED) is 0.663. The van der Waals surface area contributed by atoms with Crippen LogP contribution >= 0.6 is 24.8 Å². The normalized spacial score (nSPS) is 14.2. The maximum absolute atomic E-state index is 9.71. The highest BCUT2D eigenvalue weighted by atomic mass is 35.5. The third-order valence-electron chi connectivity index (χ3n) is 4.40. The lowest BCUT2D eigenvalue weighted by Crippen LogP contribution is -2.28. The Morgan fingerprint density at radius 2 is 2.23 bits per heavy atom. The minimum Gasteiger partial charge on any atom is -0.469 e. The van der Waals surface area contributed by atoms with Gasteiger partial charge in [-0.2, -0.15) is 5.10 Å². The van der Waals surface area contributed by atoms with Gasteiger partial charge in [0.2, 0.25) is 0 Å². The number of nitrogens with one attached hydrogen (secondary N) is 1. The van der Waals surface area contributed by atoms with Gasteiger partial charge < -0.3 is 19.4 Å². The molecule has 26 heavy (non-hydrogen) atoms. The number of aromatic nitrogens is 4. The molecule has 4 rings (SSSR count). The summed E-state index contributed by atoms with van der Waals surface area (Å²) in [4.78, 5) is 4.48. The van der Waals surface area contributed by atoms with Gasteiger partial charge in [-0.25, -0.2) is 4.98 Å².